The molecule has 0 fully saturated rings. The zero-order valence-corrected chi connectivity index (χ0v) is 14.6. The minimum atomic E-state index is -0.277. The highest BCUT2D eigenvalue weighted by Gasteiger charge is 2.05. The fourth-order valence-electron chi connectivity index (χ4n) is 2.22. The highest BCUT2D eigenvalue weighted by molar-refractivity contribution is 7.16. The van der Waals surface area contributed by atoms with Crippen LogP contribution in [0.5, 0.6) is 0 Å². The van der Waals surface area contributed by atoms with Gasteiger partial charge in [0.15, 0.2) is 0 Å². The molecule has 0 spiro atoms. The molecule has 0 bridgehead atoms. The molecule has 3 nitrogen and oxygen atoms in total. The average Bonchev–Trinajstić information content (AvgIpc) is 3.25. The second-order valence-corrected chi connectivity index (χ2v) is 7.21. The van der Waals surface area contributed by atoms with E-state index in [9.17, 15) is 9.18 Å². The number of carbonyl (C=O) groups is 1. The first-order valence-corrected chi connectivity index (χ1v) is 9.34. The summed E-state index contributed by atoms with van der Waals surface area (Å²) >= 11 is 3.44. The molecule has 3 rings (SSSR count). The van der Waals surface area contributed by atoms with Crippen LogP contribution in [0.15, 0.2) is 53.2 Å². The van der Waals surface area contributed by atoms with Crippen LogP contribution in [0.1, 0.15) is 10.4 Å². The molecule has 2 aromatic heterocycles. The average molecular weight is 360 g/mol. The molecule has 0 saturated carbocycles. The van der Waals surface area contributed by atoms with Gasteiger partial charge in [0, 0.05) is 28.4 Å². The fraction of sp³-hybridized carbons (Fsp3) is 0.167. The third kappa shape index (κ3) is 4.66. The van der Waals surface area contributed by atoms with Gasteiger partial charge in [-0.15, -0.1) is 11.3 Å². The Balaban J connectivity index is 1.40. The quantitative estimate of drug-likeness (QED) is 0.660. The molecule has 0 aliphatic rings. The summed E-state index contributed by atoms with van der Waals surface area (Å²) in [5.41, 5.74) is 2.12. The van der Waals surface area contributed by atoms with Crippen LogP contribution in [0.4, 0.5) is 9.18 Å². The Morgan fingerprint density at radius 2 is 1.88 bits per heavy atom. The van der Waals surface area contributed by atoms with Crippen molar-refractivity contribution in [3.05, 3.63) is 69.5 Å². The number of nitrogens with one attached hydrogen (secondary N) is 2. The van der Waals surface area contributed by atoms with Gasteiger partial charge >= 0.3 is 6.03 Å². The third-order valence-electron chi connectivity index (χ3n) is 3.49. The van der Waals surface area contributed by atoms with Gasteiger partial charge in [0.1, 0.15) is 5.82 Å². The fourth-order valence-corrected chi connectivity index (χ4v) is 3.95. The summed E-state index contributed by atoms with van der Waals surface area (Å²) in [5, 5.41) is 9.81. The summed E-state index contributed by atoms with van der Waals surface area (Å²) in [6.45, 7) is 0.965. The van der Waals surface area contributed by atoms with Gasteiger partial charge in [0.2, 0.25) is 0 Å². The summed E-state index contributed by atoms with van der Waals surface area (Å²) in [6.07, 6.45) is 0.804. The number of amides is 2. The van der Waals surface area contributed by atoms with Gasteiger partial charge in [-0.05, 0) is 53.1 Å². The van der Waals surface area contributed by atoms with E-state index in [2.05, 4.69) is 39.6 Å². The molecule has 0 aliphatic carbocycles. The van der Waals surface area contributed by atoms with Crippen molar-refractivity contribution in [2.24, 2.45) is 0 Å². The Bertz CT molecular complexity index is 782. The Kier molecular flexibility index (Phi) is 5.61. The lowest BCUT2D eigenvalue weighted by molar-refractivity contribution is 0.240. The van der Waals surface area contributed by atoms with Crippen LogP contribution in [-0.4, -0.2) is 12.6 Å². The second kappa shape index (κ2) is 8.08. The maximum Gasteiger partial charge on any atom is 0.315 e. The molecule has 124 valence electrons. The second-order valence-electron chi connectivity index (χ2n) is 5.26. The number of halogens is 1. The summed E-state index contributed by atoms with van der Waals surface area (Å²) in [4.78, 5) is 14.3. The summed E-state index contributed by atoms with van der Waals surface area (Å²) in [5.74, 6) is -0.277. The van der Waals surface area contributed by atoms with E-state index in [1.54, 1.807) is 34.8 Å². The first-order chi connectivity index (χ1) is 11.7. The van der Waals surface area contributed by atoms with Crippen molar-refractivity contribution < 1.29 is 9.18 Å². The van der Waals surface area contributed by atoms with Crippen molar-refractivity contribution >= 4 is 28.7 Å². The largest absolute Gasteiger partial charge is 0.338 e. The van der Waals surface area contributed by atoms with Crippen molar-refractivity contribution in [2.45, 2.75) is 13.0 Å². The lowest BCUT2D eigenvalue weighted by Gasteiger charge is -2.07. The monoisotopic (exact) mass is 360 g/mol. The molecule has 0 unspecified atom stereocenters. The highest BCUT2D eigenvalue weighted by atomic mass is 32.1. The van der Waals surface area contributed by atoms with E-state index in [-0.39, 0.29) is 11.8 Å². The van der Waals surface area contributed by atoms with Crippen molar-refractivity contribution in [3.8, 4) is 10.4 Å². The molecule has 1 aromatic carbocycles. The third-order valence-corrected chi connectivity index (χ3v) is 5.37. The van der Waals surface area contributed by atoms with Gasteiger partial charge in [-0.3, -0.25) is 0 Å². The predicted molar refractivity (Wildman–Crippen MR) is 98.0 cm³/mol. The minimum absolute atomic E-state index is 0.214. The molecule has 24 heavy (non-hydrogen) atoms. The van der Waals surface area contributed by atoms with Crippen LogP contribution in [0.2, 0.25) is 0 Å². The molecule has 0 radical (unpaired) electrons. The Morgan fingerprint density at radius 1 is 1.04 bits per heavy atom. The van der Waals surface area contributed by atoms with Crippen molar-refractivity contribution in [3.63, 3.8) is 0 Å². The van der Waals surface area contributed by atoms with E-state index in [1.807, 2.05) is 0 Å². The van der Waals surface area contributed by atoms with Crippen LogP contribution in [0.3, 0.4) is 0 Å². The Hall–Kier alpha value is -2.18. The molecular weight excluding hydrogens is 343 g/mol. The minimum Gasteiger partial charge on any atom is -0.338 e. The number of carbonyl (C=O) groups excluding carboxylic acids is 1. The van der Waals surface area contributed by atoms with E-state index in [1.165, 1.54) is 27.5 Å². The first-order valence-electron chi connectivity index (χ1n) is 7.58. The highest BCUT2D eigenvalue weighted by Crippen LogP contribution is 2.29. The smallest absolute Gasteiger partial charge is 0.315 e. The number of thiophene rings is 2. The van der Waals surface area contributed by atoms with Gasteiger partial charge in [-0.1, -0.05) is 12.1 Å². The molecule has 2 amide bonds. The van der Waals surface area contributed by atoms with E-state index in [4.69, 9.17) is 0 Å². The topological polar surface area (TPSA) is 41.1 Å². The molecule has 3 aromatic rings. The van der Waals surface area contributed by atoms with E-state index >= 15 is 0 Å². The molecular formula is C18H17FN2OS2. The number of hydrogen-bond acceptors (Lipinski definition) is 3. The Morgan fingerprint density at radius 3 is 2.62 bits per heavy atom. The lowest BCUT2D eigenvalue weighted by atomic mass is 10.2. The van der Waals surface area contributed by atoms with Gasteiger partial charge in [0.05, 0.1) is 0 Å². The van der Waals surface area contributed by atoms with E-state index < -0.39 is 0 Å². The lowest BCUT2D eigenvalue weighted by Crippen LogP contribution is -2.36. The van der Waals surface area contributed by atoms with Gasteiger partial charge in [-0.2, -0.15) is 11.3 Å². The van der Waals surface area contributed by atoms with Gasteiger partial charge in [0.25, 0.3) is 0 Å². The maximum absolute atomic E-state index is 12.8. The van der Waals surface area contributed by atoms with Gasteiger partial charge < -0.3 is 10.6 Å². The molecule has 0 saturated heterocycles. The van der Waals surface area contributed by atoms with Crippen LogP contribution < -0.4 is 10.6 Å². The number of urea groups is 1. The molecule has 2 heterocycles. The Labute approximate surface area is 148 Å². The van der Waals surface area contributed by atoms with Crippen LogP contribution in [0.25, 0.3) is 10.4 Å². The van der Waals surface area contributed by atoms with Crippen LogP contribution in [-0.2, 0) is 13.0 Å². The van der Waals surface area contributed by atoms with E-state index in [0.29, 0.717) is 13.1 Å². The van der Waals surface area contributed by atoms with Crippen LogP contribution >= 0.6 is 22.7 Å². The normalized spacial score (nSPS) is 10.5. The van der Waals surface area contributed by atoms with Crippen molar-refractivity contribution in [2.75, 3.05) is 6.54 Å². The van der Waals surface area contributed by atoms with Gasteiger partial charge in [-0.25, -0.2) is 9.18 Å². The SMILES string of the molecule is O=C(NCCc1ccc(-c2ccsc2)s1)NCc1ccc(F)cc1. The summed E-state index contributed by atoms with van der Waals surface area (Å²) in [6, 6.07) is 12.2. The number of benzene rings is 1. The standard InChI is InChI=1S/C18H17FN2OS2/c19-15-3-1-13(2-4-15)11-21-18(22)20-9-7-16-5-6-17(24-16)14-8-10-23-12-14/h1-6,8,10,12H,7,9,11H2,(H2,20,21,22). The summed E-state index contributed by atoms with van der Waals surface area (Å²) in [7, 11) is 0. The zero-order valence-electron chi connectivity index (χ0n) is 12.9. The van der Waals surface area contributed by atoms with E-state index in [0.717, 1.165) is 12.0 Å². The molecule has 0 atom stereocenters. The first kappa shape index (κ1) is 16.7. The van der Waals surface area contributed by atoms with Crippen molar-refractivity contribution in [1.82, 2.24) is 10.6 Å². The molecule has 6 heteroatoms. The zero-order chi connectivity index (χ0) is 16.8. The predicted octanol–water partition coefficient (Wildman–Crippen LogP) is 4.66. The number of hydrogen-bond donors (Lipinski definition) is 2. The maximum atomic E-state index is 12.8. The molecule has 2 N–H and O–H groups in total. The van der Waals surface area contributed by atoms with Crippen molar-refractivity contribution in [1.29, 1.82) is 0 Å². The summed E-state index contributed by atoms with van der Waals surface area (Å²) < 4.78 is 12.8. The molecule has 0 aliphatic heterocycles. The van der Waals surface area contributed by atoms with Crippen LogP contribution in [0, 0.1) is 5.82 Å². The number of rotatable bonds is 6.